The third-order valence-electron chi connectivity index (χ3n) is 5.05. The number of aromatic amines is 1. The Labute approximate surface area is 142 Å². The van der Waals surface area contributed by atoms with Gasteiger partial charge in [-0.05, 0) is 42.7 Å². The second-order valence-corrected chi connectivity index (χ2v) is 6.32. The molecule has 25 heavy (non-hydrogen) atoms. The number of aromatic nitrogens is 5. The Morgan fingerprint density at radius 2 is 1.96 bits per heavy atom. The van der Waals surface area contributed by atoms with E-state index in [4.69, 9.17) is 4.52 Å². The van der Waals surface area contributed by atoms with E-state index >= 15 is 0 Å². The van der Waals surface area contributed by atoms with Crippen LogP contribution in [-0.4, -0.2) is 25.1 Å². The maximum atomic E-state index is 14.4. The molecule has 0 aliphatic heterocycles. The molecular weight excluding hydrogens is 321 g/mol. The first-order valence-corrected chi connectivity index (χ1v) is 8.15. The molecule has 1 aromatic carbocycles. The molecule has 3 aromatic heterocycles. The summed E-state index contributed by atoms with van der Waals surface area (Å²) in [7, 11) is 0. The van der Waals surface area contributed by atoms with Gasteiger partial charge in [0.2, 0.25) is 0 Å². The Hall–Kier alpha value is -3.09. The summed E-state index contributed by atoms with van der Waals surface area (Å²) < 4.78 is 19.9. The number of hydrogen-bond donors (Lipinski definition) is 1. The maximum Gasteiger partial charge on any atom is 0.263 e. The van der Waals surface area contributed by atoms with Crippen LogP contribution in [0, 0.1) is 5.82 Å². The zero-order valence-electron chi connectivity index (χ0n) is 13.2. The number of imidazole rings is 1. The molecule has 0 atom stereocenters. The van der Waals surface area contributed by atoms with E-state index in [9.17, 15) is 4.39 Å². The molecule has 0 amide bonds. The first-order chi connectivity index (χ1) is 12.3. The predicted octanol–water partition coefficient (Wildman–Crippen LogP) is 3.62. The Morgan fingerprint density at radius 1 is 1.12 bits per heavy atom. The van der Waals surface area contributed by atoms with Crippen molar-refractivity contribution in [3.63, 3.8) is 0 Å². The fraction of sp³-hybridized carbons (Fsp3) is 0.222. The highest BCUT2D eigenvalue weighted by atomic mass is 19.1. The van der Waals surface area contributed by atoms with Gasteiger partial charge in [-0.1, -0.05) is 11.6 Å². The fourth-order valence-electron chi connectivity index (χ4n) is 3.55. The van der Waals surface area contributed by atoms with Gasteiger partial charge in [-0.25, -0.2) is 9.37 Å². The molecule has 4 aromatic rings. The lowest BCUT2D eigenvalue weighted by atomic mass is 9.64. The average Bonchev–Trinajstić information content (AvgIpc) is 3.25. The number of pyridine rings is 1. The van der Waals surface area contributed by atoms with E-state index in [0.29, 0.717) is 11.3 Å². The number of nitrogens with one attached hydrogen (secondary N) is 1. The van der Waals surface area contributed by atoms with Gasteiger partial charge in [0.1, 0.15) is 16.9 Å². The van der Waals surface area contributed by atoms with Crippen LogP contribution in [0.3, 0.4) is 0 Å². The van der Waals surface area contributed by atoms with E-state index in [1.54, 1.807) is 18.5 Å². The molecule has 1 aliphatic carbocycles. The third kappa shape index (κ3) is 2.02. The molecule has 5 rings (SSSR count). The van der Waals surface area contributed by atoms with Crippen LogP contribution in [0.1, 0.15) is 30.7 Å². The van der Waals surface area contributed by atoms with Gasteiger partial charge in [0.15, 0.2) is 5.82 Å². The van der Waals surface area contributed by atoms with Crippen molar-refractivity contribution in [3.05, 3.63) is 60.2 Å². The van der Waals surface area contributed by atoms with Crippen molar-refractivity contribution < 1.29 is 8.91 Å². The van der Waals surface area contributed by atoms with E-state index in [1.165, 1.54) is 12.4 Å². The molecule has 7 heteroatoms. The second-order valence-electron chi connectivity index (χ2n) is 6.32. The minimum absolute atomic E-state index is 0.158. The van der Waals surface area contributed by atoms with Gasteiger partial charge in [-0.15, -0.1) is 0 Å². The molecule has 0 radical (unpaired) electrons. The Bertz CT molecular complexity index is 1050. The van der Waals surface area contributed by atoms with Gasteiger partial charge in [-0.2, -0.15) is 4.98 Å². The summed E-state index contributed by atoms with van der Waals surface area (Å²) in [6.45, 7) is 0. The summed E-state index contributed by atoms with van der Waals surface area (Å²) in [4.78, 5) is 15.8. The monoisotopic (exact) mass is 335 g/mol. The number of halogens is 1. The van der Waals surface area contributed by atoms with Crippen LogP contribution in [0.15, 0.2) is 47.5 Å². The van der Waals surface area contributed by atoms with Crippen molar-refractivity contribution in [1.29, 1.82) is 0 Å². The van der Waals surface area contributed by atoms with E-state index in [1.807, 2.05) is 12.1 Å². The highest BCUT2D eigenvalue weighted by Crippen LogP contribution is 2.48. The number of nitrogens with zero attached hydrogens (tertiary/aromatic N) is 4. The lowest BCUT2D eigenvalue weighted by molar-refractivity contribution is 0.272. The van der Waals surface area contributed by atoms with E-state index < -0.39 is 5.82 Å². The van der Waals surface area contributed by atoms with Crippen molar-refractivity contribution in [2.24, 2.45) is 0 Å². The van der Waals surface area contributed by atoms with Crippen LogP contribution in [0.5, 0.6) is 0 Å². The van der Waals surface area contributed by atoms with Gasteiger partial charge in [0, 0.05) is 12.4 Å². The Morgan fingerprint density at radius 3 is 2.72 bits per heavy atom. The second kappa shape index (κ2) is 5.20. The first kappa shape index (κ1) is 14.3. The summed E-state index contributed by atoms with van der Waals surface area (Å²) in [6, 6.07) is 6.97. The molecule has 0 spiro atoms. The van der Waals surface area contributed by atoms with Crippen molar-refractivity contribution in [1.82, 2.24) is 25.1 Å². The third-order valence-corrected chi connectivity index (χ3v) is 5.05. The van der Waals surface area contributed by atoms with Gasteiger partial charge < -0.3 is 9.51 Å². The molecule has 0 saturated heterocycles. The van der Waals surface area contributed by atoms with Crippen LogP contribution in [0.25, 0.3) is 22.5 Å². The summed E-state index contributed by atoms with van der Waals surface area (Å²) in [6.07, 6.45) is 8.02. The topological polar surface area (TPSA) is 80.5 Å². The van der Waals surface area contributed by atoms with Crippen LogP contribution >= 0.6 is 0 Å². The summed E-state index contributed by atoms with van der Waals surface area (Å²) in [5, 5.41) is 4.18. The van der Waals surface area contributed by atoms with Crippen LogP contribution in [0.4, 0.5) is 4.39 Å². The lowest BCUT2D eigenvalue weighted by Crippen LogP contribution is -2.36. The number of rotatable bonds is 3. The van der Waals surface area contributed by atoms with E-state index in [2.05, 4.69) is 25.1 Å². The van der Waals surface area contributed by atoms with Crippen LogP contribution < -0.4 is 0 Å². The summed E-state index contributed by atoms with van der Waals surface area (Å²) >= 11 is 0. The number of benzene rings is 1. The SMILES string of the molecule is Fc1ccc2[nH]cnc2c1-c1nc(C2(c3ccncc3)CCC2)no1. The normalized spacial score (nSPS) is 16.0. The van der Waals surface area contributed by atoms with Gasteiger partial charge in [0.05, 0.1) is 17.3 Å². The average molecular weight is 335 g/mol. The largest absolute Gasteiger partial charge is 0.345 e. The van der Waals surface area contributed by atoms with Crippen molar-refractivity contribution >= 4 is 11.0 Å². The van der Waals surface area contributed by atoms with Crippen LogP contribution in [-0.2, 0) is 5.41 Å². The first-order valence-electron chi connectivity index (χ1n) is 8.15. The highest BCUT2D eigenvalue weighted by molar-refractivity contribution is 5.89. The molecule has 6 nitrogen and oxygen atoms in total. The molecule has 1 fully saturated rings. The molecule has 1 saturated carbocycles. The Balaban J connectivity index is 1.64. The van der Waals surface area contributed by atoms with Crippen molar-refractivity contribution in [3.8, 4) is 11.5 Å². The van der Waals surface area contributed by atoms with Crippen molar-refractivity contribution in [2.75, 3.05) is 0 Å². The molecule has 124 valence electrons. The highest BCUT2D eigenvalue weighted by Gasteiger charge is 2.44. The lowest BCUT2D eigenvalue weighted by Gasteiger charge is -2.39. The van der Waals surface area contributed by atoms with Crippen LogP contribution in [0.2, 0.25) is 0 Å². The zero-order chi connectivity index (χ0) is 16.9. The molecule has 0 bridgehead atoms. The zero-order valence-corrected chi connectivity index (χ0v) is 13.2. The van der Waals surface area contributed by atoms with Gasteiger partial charge in [0.25, 0.3) is 5.89 Å². The maximum absolute atomic E-state index is 14.4. The minimum Gasteiger partial charge on any atom is -0.345 e. The Kier molecular flexibility index (Phi) is 2.97. The number of fused-ring (bicyclic) bond motifs is 1. The molecule has 1 aliphatic rings. The van der Waals surface area contributed by atoms with Crippen molar-refractivity contribution in [2.45, 2.75) is 24.7 Å². The van der Waals surface area contributed by atoms with E-state index in [0.717, 1.165) is 30.3 Å². The molecular formula is C18H14FN5O. The number of H-pyrrole nitrogens is 1. The fourth-order valence-corrected chi connectivity index (χ4v) is 3.55. The molecule has 3 heterocycles. The van der Waals surface area contributed by atoms with Gasteiger partial charge in [-0.3, -0.25) is 4.98 Å². The quantitative estimate of drug-likeness (QED) is 0.618. The minimum atomic E-state index is -0.429. The molecule has 0 unspecified atom stereocenters. The smallest absolute Gasteiger partial charge is 0.263 e. The molecule has 1 N–H and O–H groups in total. The summed E-state index contributed by atoms with van der Waals surface area (Å²) in [5.74, 6) is 0.318. The predicted molar refractivity (Wildman–Crippen MR) is 88.2 cm³/mol. The van der Waals surface area contributed by atoms with E-state index in [-0.39, 0.29) is 16.9 Å². The number of hydrogen-bond acceptors (Lipinski definition) is 5. The standard InChI is InChI=1S/C18H14FN5O/c19-12-2-3-13-15(22-10-21-13)14(12)16-23-17(24-25-16)18(6-1-7-18)11-4-8-20-9-5-11/h2-5,8-10H,1,6-7H2,(H,21,22). The summed E-state index contributed by atoms with van der Waals surface area (Å²) in [5.41, 5.74) is 2.28. The van der Waals surface area contributed by atoms with Gasteiger partial charge >= 0.3 is 0 Å².